The topological polar surface area (TPSA) is 38.8 Å². The minimum absolute atomic E-state index is 0.139. The minimum Gasteiger partial charge on any atom is -0.497 e. The van der Waals surface area contributed by atoms with Crippen LogP contribution in [0.25, 0.3) is 6.08 Å². The summed E-state index contributed by atoms with van der Waals surface area (Å²) in [6.07, 6.45) is 1.78. The first-order valence-electron chi connectivity index (χ1n) is 10.1. The number of thioether (sulfide) groups is 1. The largest absolute Gasteiger partial charge is 0.497 e. The third-order valence-electron chi connectivity index (χ3n) is 5.03. The maximum Gasteiger partial charge on any atom is 0.266 e. The Morgan fingerprint density at radius 1 is 1.00 bits per heavy atom. The van der Waals surface area contributed by atoms with Crippen LogP contribution >= 0.6 is 58.8 Å². The van der Waals surface area contributed by atoms with Crippen molar-refractivity contribution < 1.29 is 14.3 Å². The monoisotopic (exact) mass is 549 g/mol. The molecule has 0 unspecified atom stereocenters. The lowest BCUT2D eigenvalue weighted by Gasteiger charge is -2.14. The van der Waals surface area contributed by atoms with Gasteiger partial charge in [0.15, 0.2) is 0 Å². The van der Waals surface area contributed by atoms with Crippen LogP contribution in [-0.2, 0) is 17.9 Å². The molecule has 4 rings (SSSR count). The fourth-order valence-electron chi connectivity index (χ4n) is 3.22. The van der Waals surface area contributed by atoms with E-state index in [4.69, 9.17) is 56.5 Å². The van der Waals surface area contributed by atoms with E-state index in [2.05, 4.69) is 0 Å². The lowest BCUT2D eigenvalue weighted by molar-refractivity contribution is -0.122. The second-order valence-corrected chi connectivity index (χ2v) is 10.3. The summed E-state index contributed by atoms with van der Waals surface area (Å²) in [6.45, 7) is 0.645. The van der Waals surface area contributed by atoms with Crippen molar-refractivity contribution in [1.29, 1.82) is 0 Å². The number of halogens is 3. The van der Waals surface area contributed by atoms with E-state index >= 15 is 0 Å². The number of thiocarbonyl (C=S) groups is 1. The molecule has 0 bridgehead atoms. The first-order chi connectivity index (χ1) is 16.3. The van der Waals surface area contributed by atoms with Gasteiger partial charge in [-0.15, -0.1) is 0 Å². The van der Waals surface area contributed by atoms with Crippen LogP contribution in [0.2, 0.25) is 15.1 Å². The van der Waals surface area contributed by atoms with Crippen molar-refractivity contribution in [2.24, 2.45) is 0 Å². The van der Waals surface area contributed by atoms with E-state index in [1.807, 2.05) is 30.3 Å². The fourth-order valence-corrected chi connectivity index (χ4v) is 5.18. The van der Waals surface area contributed by atoms with Crippen LogP contribution < -0.4 is 9.47 Å². The molecule has 0 N–H and O–H groups in total. The average molecular weight is 551 g/mol. The normalized spacial score (nSPS) is 14.7. The van der Waals surface area contributed by atoms with E-state index in [9.17, 15) is 4.79 Å². The molecule has 0 spiro atoms. The first kappa shape index (κ1) is 24.9. The summed E-state index contributed by atoms with van der Waals surface area (Å²) in [6, 6.07) is 18.1. The quantitative estimate of drug-likeness (QED) is 0.223. The molecule has 174 valence electrons. The number of hydrogen-bond donors (Lipinski definition) is 0. The van der Waals surface area contributed by atoms with Gasteiger partial charge in [0.25, 0.3) is 5.91 Å². The summed E-state index contributed by atoms with van der Waals surface area (Å²) in [5.74, 6) is 1.13. The molecule has 3 aromatic rings. The van der Waals surface area contributed by atoms with Crippen LogP contribution in [0.1, 0.15) is 16.7 Å². The van der Waals surface area contributed by atoms with Crippen molar-refractivity contribution in [3.8, 4) is 11.5 Å². The predicted molar refractivity (Wildman–Crippen MR) is 144 cm³/mol. The summed E-state index contributed by atoms with van der Waals surface area (Å²) < 4.78 is 11.5. The molecule has 1 saturated heterocycles. The summed E-state index contributed by atoms with van der Waals surface area (Å²) in [5.41, 5.74) is 2.53. The second-order valence-electron chi connectivity index (χ2n) is 7.33. The molecule has 0 aromatic heterocycles. The van der Waals surface area contributed by atoms with Gasteiger partial charge < -0.3 is 9.47 Å². The summed E-state index contributed by atoms with van der Waals surface area (Å²) in [7, 11) is 1.61. The Morgan fingerprint density at radius 3 is 2.44 bits per heavy atom. The molecule has 1 aliphatic heterocycles. The van der Waals surface area contributed by atoms with Crippen LogP contribution in [0, 0.1) is 0 Å². The molecule has 0 saturated carbocycles. The zero-order chi connectivity index (χ0) is 24.2. The molecule has 0 atom stereocenters. The highest BCUT2D eigenvalue weighted by atomic mass is 35.5. The van der Waals surface area contributed by atoms with Gasteiger partial charge in [-0.25, -0.2) is 0 Å². The Morgan fingerprint density at radius 2 is 1.76 bits per heavy atom. The zero-order valence-corrected chi connectivity index (χ0v) is 21.8. The van der Waals surface area contributed by atoms with E-state index in [-0.39, 0.29) is 12.5 Å². The highest BCUT2D eigenvalue weighted by molar-refractivity contribution is 8.26. The Labute approximate surface area is 222 Å². The summed E-state index contributed by atoms with van der Waals surface area (Å²) >= 11 is 25.3. The third kappa shape index (κ3) is 5.88. The van der Waals surface area contributed by atoms with Crippen LogP contribution in [0.3, 0.4) is 0 Å². The van der Waals surface area contributed by atoms with Crippen molar-refractivity contribution in [1.82, 2.24) is 4.90 Å². The number of hydrogen-bond acceptors (Lipinski definition) is 5. The van der Waals surface area contributed by atoms with E-state index in [1.54, 1.807) is 48.4 Å². The molecule has 1 heterocycles. The van der Waals surface area contributed by atoms with Crippen molar-refractivity contribution in [2.45, 2.75) is 13.2 Å². The molecule has 9 heteroatoms. The first-order valence-corrected chi connectivity index (χ1v) is 12.4. The Balaban J connectivity index is 1.44. The highest BCUT2D eigenvalue weighted by Gasteiger charge is 2.32. The van der Waals surface area contributed by atoms with Gasteiger partial charge >= 0.3 is 0 Å². The molecule has 0 radical (unpaired) electrons. The number of carbonyl (C=O) groups is 1. The van der Waals surface area contributed by atoms with Crippen molar-refractivity contribution in [3.63, 3.8) is 0 Å². The van der Waals surface area contributed by atoms with Crippen molar-refractivity contribution >= 4 is 75.1 Å². The van der Waals surface area contributed by atoms with Crippen molar-refractivity contribution in [3.05, 3.63) is 97.3 Å². The third-order valence-corrected chi connectivity index (χ3v) is 7.29. The molecular formula is C25H18Cl3NO3S2. The molecule has 3 aromatic carbocycles. The molecule has 1 fully saturated rings. The highest BCUT2D eigenvalue weighted by Crippen LogP contribution is 2.35. The van der Waals surface area contributed by atoms with Gasteiger partial charge in [-0.05, 0) is 53.6 Å². The number of ether oxygens (including phenoxy) is 2. The predicted octanol–water partition coefficient (Wildman–Crippen LogP) is 7.64. The molecule has 1 aliphatic rings. The Hall–Kier alpha value is -2.22. The minimum atomic E-state index is -0.139. The summed E-state index contributed by atoms with van der Waals surface area (Å²) in [4.78, 5) is 15.1. The number of nitrogens with zero attached hydrogens (tertiary/aromatic N) is 1. The number of amides is 1. The smallest absolute Gasteiger partial charge is 0.266 e. The average Bonchev–Trinajstić information content (AvgIpc) is 3.07. The van der Waals surface area contributed by atoms with Gasteiger partial charge in [0.1, 0.15) is 22.4 Å². The van der Waals surface area contributed by atoms with Gasteiger partial charge in [-0.2, -0.15) is 0 Å². The van der Waals surface area contributed by atoms with Gasteiger partial charge in [-0.3, -0.25) is 9.69 Å². The SMILES string of the molecule is COc1ccc(CN2C(=O)/C(=C\c3ccc(OCc4ccc(Cl)cc4Cl)c(Cl)c3)SC2=S)cc1. The maximum absolute atomic E-state index is 13.0. The van der Waals surface area contributed by atoms with Crippen LogP contribution in [0.15, 0.2) is 65.6 Å². The fraction of sp³-hybridized carbons (Fsp3) is 0.120. The molecule has 0 aliphatic carbocycles. The zero-order valence-electron chi connectivity index (χ0n) is 17.9. The van der Waals surface area contributed by atoms with Crippen LogP contribution in [0.4, 0.5) is 0 Å². The van der Waals surface area contributed by atoms with E-state index in [0.717, 1.165) is 22.4 Å². The lowest BCUT2D eigenvalue weighted by Crippen LogP contribution is -2.27. The van der Waals surface area contributed by atoms with Gasteiger partial charge in [-0.1, -0.05) is 83.0 Å². The maximum atomic E-state index is 13.0. The standard InChI is InChI=1S/C25H18Cl3NO3S2/c1-31-19-7-2-15(3-8-19)13-29-24(30)23(34-25(29)33)11-16-4-9-22(21(28)10-16)32-14-17-5-6-18(26)12-20(17)27/h2-12H,13-14H2,1H3/b23-11+. The molecule has 34 heavy (non-hydrogen) atoms. The number of benzene rings is 3. The Kier molecular flexibility index (Phi) is 8.06. The molecular weight excluding hydrogens is 533 g/mol. The second kappa shape index (κ2) is 11.0. The van der Waals surface area contributed by atoms with Crippen LogP contribution in [0.5, 0.6) is 11.5 Å². The van der Waals surface area contributed by atoms with Crippen LogP contribution in [-0.4, -0.2) is 22.2 Å². The molecule has 1 amide bonds. The summed E-state index contributed by atoms with van der Waals surface area (Å²) in [5, 5.41) is 1.51. The number of carbonyl (C=O) groups excluding carboxylic acids is 1. The van der Waals surface area contributed by atoms with Crippen molar-refractivity contribution in [2.75, 3.05) is 7.11 Å². The number of methoxy groups -OCH3 is 1. The van der Waals surface area contributed by atoms with Gasteiger partial charge in [0.05, 0.1) is 23.6 Å². The Bertz CT molecular complexity index is 1280. The molecule has 4 nitrogen and oxygen atoms in total. The van der Waals surface area contributed by atoms with E-state index in [1.165, 1.54) is 11.8 Å². The lowest BCUT2D eigenvalue weighted by atomic mass is 10.2. The van der Waals surface area contributed by atoms with E-state index in [0.29, 0.717) is 36.6 Å². The number of rotatable bonds is 7. The van der Waals surface area contributed by atoms with E-state index < -0.39 is 0 Å². The van der Waals surface area contributed by atoms with Gasteiger partial charge in [0.2, 0.25) is 0 Å². The van der Waals surface area contributed by atoms with Gasteiger partial charge in [0, 0.05) is 15.6 Å².